The van der Waals surface area contributed by atoms with Crippen molar-refractivity contribution >= 4 is 46.7 Å². The molecular formula is C17H21Cl3O4. The Bertz CT molecular complexity index is 520. The van der Waals surface area contributed by atoms with Crippen molar-refractivity contribution in [3.8, 4) is 0 Å². The lowest BCUT2D eigenvalue weighted by Gasteiger charge is -2.20. The van der Waals surface area contributed by atoms with Crippen molar-refractivity contribution in [2.45, 2.75) is 42.3 Å². The zero-order valence-corrected chi connectivity index (χ0v) is 15.7. The van der Waals surface area contributed by atoms with Crippen LogP contribution in [0.2, 0.25) is 0 Å². The normalized spacial score (nSPS) is 12.5. The van der Waals surface area contributed by atoms with Gasteiger partial charge >= 0.3 is 11.9 Å². The van der Waals surface area contributed by atoms with Crippen LogP contribution in [0.1, 0.15) is 43.0 Å². The largest absolute Gasteiger partial charge is 0.464 e. The van der Waals surface area contributed by atoms with Crippen LogP contribution in [-0.2, 0) is 14.3 Å². The van der Waals surface area contributed by atoms with Gasteiger partial charge in [0.15, 0.2) is 0 Å². The van der Waals surface area contributed by atoms with Crippen LogP contribution >= 0.6 is 34.8 Å². The van der Waals surface area contributed by atoms with E-state index < -0.39 is 10.3 Å². The van der Waals surface area contributed by atoms with Crippen LogP contribution in [0.3, 0.4) is 0 Å². The van der Waals surface area contributed by atoms with E-state index in [0.29, 0.717) is 25.0 Å². The smallest absolute Gasteiger partial charge is 0.342 e. The molecule has 0 heterocycles. The number of alkyl halides is 3. The van der Waals surface area contributed by atoms with Gasteiger partial charge in [0.1, 0.15) is 0 Å². The molecule has 0 aliphatic rings. The van der Waals surface area contributed by atoms with Gasteiger partial charge < -0.3 is 9.47 Å². The minimum atomic E-state index is -1.64. The van der Waals surface area contributed by atoms with Gasteiger partial charge in [0, 0.05) is 11.8 Å². The number of unbranched alkanes of at least 4 members (excludes halogenated alkanes) is 1. The number of esters is 2. The van der Waals surface area contributed by atoms with E-state index in [9.17, 15) is 9.59 Å². The number of benzene rings is 1. The highest BCUT2D eigenvalue weighted by molar-refractivity contribution is 6.57. The highest BCUT2D eigenvalue weighted by Crippen LogP contribution is 2.32. The van der Waals surface area contributed by atoms with E-state index in [1.54, 1.807) is 31.2 Å². The molecule has 0 aliphatic heterocycles. The summed E-state index contributed by atoms with van der Waals surface area (Å²) in [6.45, 7) is 2.19. The highest BCUT2D eigenvalue weighted by atomic mass is 35.5. The molecule has 0 amide bonds. The lowest BCUT2D eigenvalue weighted by atomic mass is 10.1. The molecule has 1 aromatic carbocycles. The van der Waals surface area contributed by atoms with Gasteiger partial charge in [0.2, 0.25) is 4.33 Å². The van der Waals surface area contributed by atoms with Gasteiger partial charge in [-0.3, -0.25) is 0 Å². The van der Waals surface area contributed by atoms with Gasteiger partial charge in [0.25, 0.3) is 0 Å². The van der Waals surface area contributed by atoms with Gasteiger partial charge in [-0.25, -0.2) is 9.59 Å². The summed E-state index contributed by atoms with van der Waals surface area (Å²) >= 11 is 18.1. The van der Waals surface area contributed by atoms with E-state index in [0.717, 1.165) is 6.42 Å². The topological polar surface area (TPSA) is 52.6 Å². The molecule has 0 saturated carbocycles. The first-order valence-electron chi connectivity index (χ1n) is 7.78. The highest BCUT2D eigenvalue weighted by Gasteiger charge is 2.37. The summed E-state index contributed by atoms with van der Waals surface area (Å²) in [4.78, 5) is 23.3. The monoisotopic (exact) mass is 394 g/mol. The zero-order valence-electron chi connectivity index (χ0n) is 13.5. The van der Waals surface area contributed by atoms with E-state index in [-0.39, 0.29) is 24.4 Å². The SMILES string of the molecule is CCOC(=O)C(Cl)(Cl)CC(Cl)CCCCOC(=O)c1ccccc1. The van der Waals surface area contributed by atoms with Crippen molar-refractivity contribution in [1.82, 2.24) is 0 Å². The molecule has 0 spiro atoms. The molecule has 24 heavy (non-hydrogen) atoms. The van der Waals surface area contributed by atoms with Crippen molar-refractivity contribution in [2.24, 2.45) is 0 Å². The Kier molecular flexibility index (Phi) is 9.49. The number of carbonyl (C=O) groups excluding carboxylic acids is 2. The van der Waals surface area contributed by atoms with Crippen LogP contribution in [0.4, 0.5) is 0 Å². The second-order valence-corrected chi connectivity index (χ2v) is 7.33. The molecule has 7 heteroatoms. The average molecular weight is 396 g/mol. The van der Waals surface area contributed by atoms with Crippen LogP contribution in [0, 0.1) is 0 Å². The minimum absolute atomic E-state index is 0.0975. The van der Waals surface area contributed by atoms with Gasteiger partial charge in [-0.1, -0.05) is 41.4 Å². The Hall–Kier alpha value is -0.970. The molecule has 4 nitrogen and oxygen atoms in total. The average Bonchev–Trinajstić information content (AvgIpc) is 2.55. The summed E-state index contributed by atoms with van der Waals surface area (Å²) in [7, 11) is 0. The Morgan fingerprint density at radius 2 is 1.79 bits per heavy atom. The second-order valence-electron chi connectivity index (χ2n) is 5.22. The van der Waals surface area contributed by atoms with Crippen LogP contribution in [0.25, 0.3) is 0 Å². The van der Waals surface area contributed by atoms with Gasteiger partial charge in [-0.15, -0.1) is 11.6 Å². The Morgan fingerprint density at radius 3 is 2.42 bits per heavy atom. The third kappa shape index (κ3) is 7.73. The fourth-order valence-electron chi connectivity index (χ4n) is 1.99. The Labute approximate surface area is 157 Å². The predicted octanol–water partition coefficient (Wildman–Crippen LogP) is 4.75. The number of halogens is 3. The molecule has 1 aromatic rings. The standard InChI is InChI=1S/C17H21Cl3O4/c1-2-23-16(22)17(19,20)12-14(18)10-6-7-11-24-15(21)13-8-4-3-5-9-13/h3-5,8-9,14H,2,6-7,10-12H2,1H3. The third-order valence-corrected chi connectivity index (χ3v) is 4.20. The van der Waals surface area contributed by atoms with Gasteiger partial charge in [-0.05, 0) is 38.3 Å². The van der Waals surface area contributed by atoms with E-state index in [1.807, 2.05) is 6.07 Å². The lowest BCUT2D eigenvalue weighted by Crippen LogP contribution is -2.31. The van der Waals surface area contributed by atoms with Crippen molar-refractivity contribution in [2.75, 3.05) is 13.2 Å². The summed E-state index contributed by atoms with van der Waals surface area (Å²) < 4.78 is 8.34. The molecule has 0 fully saturated rings. The van der Waals surface area contributed by atoms with E-state index >= 15 is 0 Å². The Balaban J connectivity index is 2.20. The van der Waals surface area contributed by atoms with Gasteiger partial charge in [-0.2, -0.15) is 0 Å². The molecule has 1 rings (SSSR count). The second kappa shape index (κ2) is 10.8. The van der Waals surface area contributed by atoms with Gasteiger partial charge in [0.05, 0.1) is 18.8 Å². The molecular weight excluding hydrogens is 375 g/mol. The van der Waals surface area contributed by atoms with Crippen molar-refractivity contribution in [1.29, 1.82) is 0 Å². The number of ether oxygens (including phenoxy) is 2. The quantitative estimate of drug-likeness (QED) is 0.326. The van der Waals surface area contributed by atoms with Crippen molar-refractivity contribution in [3.63, 3.8) is 0 Å². The molecule has 1 unspecified atom stereocenters. The van der Waals surface area contributed by atoms with Crippen molar-refractivity contribution in [3.05, 3.63) is 35.9 Å². The fourth-order valence-corrected chi connectivity index (χ4v) is 3.02. The first kappa shape index (κ1) is 21.1. The van der Waals surface area contributed by atoms with Crippen LogP contribution in [0.5, 0.6) is 0 Å². The predicted molar refractivity (Wildman–Crippen MR) is 95.9 cm³/mol. The summed E-state index contributed by atoms with van der Waals surface area (Å²) in [6, 6.07) is 8.80. The van der Waals surface area contributed by atoms with E-state index in [1.165, 1.54) is 0 Å². The van der Waals surface area contributed by atoms with E-state index in [2.05, 4.69) is 0 Å². The summed E-state index contributed by atoms with van der Waals surface area (Å²) in [5.41, 5.74) is 0.524. The lowest BCUT2D eigenvalue weighted by molar-refractivity contribution is -0.144. The maximum absolute atomic E-state index is 11.7. The summed E-state index contributed by atoms with van der Waals surface area (Å²) in [6.07, 6.45) is 2.09. The molecule has 0 saturated heterocycles. The number of hydrogen-bond donors (Lipinski definition) is 0. The number of rotatable bonds is 10. The molecule has 1 atom stereocenters. The van der Waals surface area contributed by atoms with Crippen LogP contribution in [0.15, 0.2) is 30.3 Å². The molecule has 0 bridgehead atoms. The molecule has 134 valence electrons. The zero-order chi connectivity index (χ0) is 18.0. The minimum Gasteiger partial charge on any atom is -0.464 e. The fraction of sp³-hybridized carbons (Fsp3) is 0.529. The number of carbonyl (C=O) groups is 2. The van der Waals surface area contributed by atoms with E-state index in [4.69, 9.17) is 44.3 Å². The van der Waals surface area contributed by atoms with Crippen LogP contribution < -0.4 is 0 Å². The molecule has 0 radical (unpaired) electrons. The maximum atomic E-state index is 11.7. The molecule has 0 aliphatic carbocycles. The maximum Gasteiger partial charge on any atom is 0.342 e. The molecule has 0 N–H and O–H groups in total. The number of hydrogen-bond acceptors (Lipinski definition) is 4. The third-order valence-electron chi connectivity index (χ3n) is 3.21. The first-order valence-corrected chi connectivity index (χ1v) is 8.97. The summed E-state index contributed by atoms with van der Waals surface area (Å²) in [5.74, 6) is -1.03. The van der Waals surface area contributed by atoms with Crippen molar-refractivity contribution < 1.29 is 19.1 Å². The Morgan fingerprint density at radius 1 is 1.12 bits per heavy atom. The summed E-state index contributed by atoms with van der Waals surface area (Å²) in [5, 5.41) is -0.366. The van der Waals surface area contributed by atoms with Crippen LogP contribution in [-0.4, -0.2) is 34.9 Å². The molecule has 0 aromatic heterocycles. The first-order chi connectivity index (χ1) is 11.4.